The minimum Gasteiger partial charge on any atom is -0.207 e. The molecule has 0 aliphatic carbocycles. The van der Waals surface area contributed by atoms with E-state index in [1.807, 2.05) is 0 Å². The van der Waals surface area contributed by atoms with Crippen LogP contribution in [-0.4, -0.2) is 25.8 Å². The molecule has 1 heterocycles. The van der Waals surface area contributed by atoms with Crippen LogP contribution in [0, 0.1) is 5.92 Å². The highest BCUT2D eigenvalue weighted by molar-refractivity contribution is 7.89. The Balaban J connectivity index is 2.38. The standard InChI is InChI=1S/C13H17Cl2NO2S/c1-10-3-2-6-16(9-10)19(17,18)13-7-11(8-14)4-5-12(13)15/h4-5,7,10H,2-3,6,8-9H2,1H3. The lowest BCUT2D eigenvalue weighted by Crippen LogP contribution is -2.39. The average molecular weight is 322 g/mol. The molecule has 2 rings (SSSR count). The highest BCUT2D eigenvalue weighted by atomic mass is 35.5. The number of halogens is 2. The van der Waals surface area contributed by atoms with Gasteiger partial charge < -0.3 is 0 Å². The molecule has 3 nitrogen and oxygen atoms in total. The fourth-order valence-electron chi connectivity index (χ4n) is 2.33. The Labute approximate surface area is 124 Å². The van der Waals surface area contributed by atoms with Gasteiger partial charge in [0.05, 0.1) is 5.02 Å². The van der Waals surface area contributed by atoms with Gasteiger partial charge in [-0.3, -0.25) is 0 Å². The molecule has 6 heteroatoms. The number of hydrogen-bond donors (Lipinski definition) is 0. The second kappa shape index (κ2) is 6.00. The fourth-order valence-corrected chi connectivity index (χ4v) is 4.62. The van der Waals surface area contributed by atoms with Crippen molar-refractivity contribution in [3.8, 4) is 0 Å². The first-order valence-electron chi connectivity index (χ1n) is 6.29. The maximum atomic E-state index is 12.6. The van der Waals surface area contributed by atoms with Crippen LogP contribution in [0.1, 0.15) is 25.3 Å². The molecule has 1 fully saturated rings. The van der Waals surface area contributed by atoms with E-state index in [1.165, 1.54) is 4.31 Å². The Morgan fingerprint density at radius 1 is 1.42 bits per heavy atom. The Hall–Kier alpha value is -0.290. The Bertz CT molecular complexity index is 560. The summed E-state index contributed by atoms with van der Waals surface area (Å²) in [6, 6.07) is 4.91. The van der Waals surface area contributed by atoms with Crippen LogP contribution < -0.4 is 0 Å². The van der Waals surface area contributed by atoms with E-state index in [0.717, 1.165) is 18.4 Å². The largest absolute Gasteiger partial charge is 0.244 e. The number of alkyl halides is 1. The molecule has 1 saturated heterocycles. The van der Waals surface area contributed by atoms with Crippen molar-refractivity contribution < 1.29 is 8.42 Å². The molecule has 0 amide bonds. The minimum absolute atomic E-state index is 0.168. The van der Waals surface area contributed by atoms with Gasteiger partial charge in [0, 0.05) is 19.0 Å². The Morgan fingerprint density at radius 3 is 2.79 bits per heavy atom. The molecular weight excluding hydrogens is 305 g/mol. The quantitative estimate of drug-likeness (QED) is 0.799. The molecule has 1 aliphatic heterocycles. The highest BCUT2D eigenvalue weighted by Gasteiger charge is 2.30. The maximum absolute atomic E-state index is 12.6. The first-order valence-corrected chi connectivity index (χ1v) is 8.65. The Morgan fingerprint density at radius 2 is 2.16 bits per heavy atom. The van der Waals surface area contributed by atoms with E-state index in [4.69, 9.17) is 23.2 Å². The molecule has 0 spiro atoms. The summed E-state index contributed by atoms with van der Waals surface area (Å²) < 4.78 is 26.8. The summed E-state index contributed by atoms with van der Waals surface area (Å²) in [5, 5.41) is 0.257. The van der Waals surface area contributed by atoms with E-state index >= 15 is 0 Å². The van der Waals surface area contributed by atoms with Crippen molar-refractivity contribution in [3.05, 3.63) is 28.8 Å². The second-order valence-electron chi connectivity index (χ2n) is 5.01. The third-order valence-corrected chi connectivity index (χ3v) is 6.04. The number of hydrogen-bond acceptors (Lipinski definition) is 2. The maximum Gasteiger partial charge on any atom is 0.244 e. The number of nitrogens with zero attached hydrogens (tertiary/aromatic N) is 1. The zero-order chi connectivity index (χ0) is 14.0. The van der Waals surface area contributed by atoms with Gasteiger partial charge in [0.25, 0.3) is 0 Å². The van der Waals surface area contributed by atoms with Crippen LogP contribution in [0.25, 0.3) is 0 Å². The zero-order valence-electron chi connectivity index (χ0n) is 10.8. The van der Waals surface area contributed by atoms with Gasteiger partial charge >= 0.3 is 0 Å². The van der Waals surface area contributed by atoms with Crippen molar-refractivity contribution in [1.82, 2.24) is 4.31 Å². The molecule has 1 unspecified atom stereocenters. The summed E-state index contributed by atoms with van der Waals surface area (Å²) in [7, 11) is -3.52. The molecule has 0 radical (unpaired) electrons. The third-order valence-electron chi connectivity index (χ3n) is 3.39. The smallest absolute Gasteiger partial charge is 0.207 e. The van der Waals surface area contributed by atoms with Crippen molar-refractivity contribution in [2.24, 2.45) is 5.92 Å². The lowest BCUT2D eigenvalue weighted by molar-refractivity contribution is 0.281. The molecule has 0 saturated carbocycles. The third kappa shape index (κ3) is 3.24. The van der Waals surface area contributed by atoms with Gasteiger partial charge in [-0.25, -0.2) is 8.42 Å². The normalized spacial score (nSPS) is 21.5. The van der Waals surface area contributed by atoms with Crippen LogP contribution >= 0.6 is 23.2 Å². The molecule has 19 heavy (non-hydrogen) atoms. The van der Waals surface area contributed by atoms with Crippen LogP contribution in [-0.2, 0) is 15.9 Å². The lowest BCUT2D eigenvalue weighted by Gasteiger charge is -2.30. The molecular formula is C13H17Cl2NO2S. The lowest BCUT2D eigenvalue weighted by atomic mass is 10.0. The molecule has 1 aliphatic rings. The number of piperidine rings is 1. The van der Waals surface area contributed by atoms with E-state index < -0.39 is 10.0 Å². The van der Waals surface area contributed by atoms with Crippen LogP contribution in [0.3, 0.4) is 0 Å². The predicted octanol–water partition coefficient (Wildman–Crippen LogP) is 3.50. The van der Waals surface area contributed by atoms with E-state index in [9.17, 15) is 8.42 Å². The minimum atomic E-state index is -3.52. The van der Waals surface area contributed by atoms with Crippen LogP contribution in [0.15, 0.2) is 23.1 Å². The van der Waals surface area contributed by atoms with Gasteiger partial charge in [-0.15, -0.1) is 11.6 Å². The first kappa shape index (κ1) is 15.1. The summed E-state index contributed by atoms with van der Waals surface area (Å²) in [6.45, 7) is 3.19. The average Bonchev–Trinajstić information content (AvgIpc) is 2.39. The van der Waals surface area contributed by atoms with E-state index in [-0.39, 0.29) is 15.8 Å². The van der Waals surface area contributed by atoms with Gasteiger partial charge in [0.2, 0.25) is 10.0 Å². The first-order chi connectivity index (χ1) is 8.95. The molecule has 0 bridgehead atoms. The van der Waals surface area contributed by atoms with Crippen molar-refractivity contribution in [2.45, 2.75) is 30.5 Å². The Kier molecular flexibility index (Phi) is 4.77. The summed E-state index contributed by atoms with van der Waals surface area (Å²) in [4.78, 5) is 0.168. The molecule has 1 aromatic rings. The zero-order valence-corrected chi connectivity index (χ0v) is 13.1. The van der Waals surface area contributed by atoms with Gasteiger partial charge in [-0.1, -0.05) is 24.6 Å². The SMILES string of the molecule is CC1CCCN(S(=O)(=O)c2cc(CCl)ccc2Cl)C1. The van der Waals surface area contributed by atoms with Crippen molar-refractivity contribution >= 4 is 33.2 Å². The van der Waals surface area contributed by atoms with E-state index in [1.54, 1.807) is 18.2 Å². The van der Waals surface area contributed by atoms with E-state index in [2.05, 4.69) is 6.92 Å². The number of sulfonamides is 1. The molecule has 0 N–H and O–H groups in total. The summed E-state index contributed by atoms with van der Waals surface area (Å²) in [6.07, 6.45) is 1.97. The molecule has 1 aromatic carbocycles. The topological polar surface area (TPSA) is 37.4 Å². The molecule has 0 aromatic heterocycles. The van der Waals surface area contributed by atoms with Gasteiger partial charge in [0.15, 0.2) is 0 Å². The van der Waals surface area contributed by atoms with Gasteiger partial charge in [-0.2, -0.15) is 4.31 Å². The fraction of sp³-hybridized carbons (Fsp3) is 0.538. The highest BCUT2D eigenvalue weighted by Crippen LogP contribution is 2.29. The van der Waals surface area contributed by atoms with Crippen LogP contribution in [0.4, 0.5) is 0 Å². The summed E-state index contributed by atoms with van der Waals surface area (Å²) >= 11 is 11.8. The van der Waals surface area contributed by atoms with Gasteiger partial charge in [0.1, 0.15) is 4.90 Å². The summed E-state index contributed by atoms with van der Waals surface area (Å²) in [5.74, 6) is 0.661. The van der Waals surface area contributed by atoms with Gasteiger partial charge in [-0.05, 0) is 36.5 Å². The van der Waals surface area contributed by atoms with Crippen molar-refractivity contribution in [3.63, 3.8) is 0 Å². The van der Waals surface area contributed by atoms with E-state index in [0.29, 0.717) is 19.0 Å². The predicted molar refractivity (Wildman–Crippen MR) is 78.2 cm³/mol. The summed E-state index contributed by atoms with van der Waals surface area (Å²) in [5.41, 5.74) is 0.759. The monoisotopic (exact) mass is 321 g/mol. The number of benzene rings is 1. The van der Waals surface area contributed by atoms with Crippen molar-refractivity contribution in [1.29, 1.82) is 0 Å². The van der Waals surface area contributed by atoms with Crippen LogP contribution in [0.5, 0.6) is 0 Å². The second-order valence-corrected chi connectivity index (χ2v) is 7.59. The van der Waals surface area contributed by atoms with Crippen LogP contribution in [0.2, 0.25) is 5.02 Å². The van der Waals surface area contributed by atoms with Crippen molar-refractivity contribution in [2.75, 3.05) is 13.1 Å². The molecule has 1 atom stereocenters. The molecule has 106 valence electrons. The number of rotatable bonds is 3.